The summed E-state index contributed by atoms with van der Waals surface area (Å²) in [6.45, 7) is 2.79. The summed E-state index contributed by atoms with van der Waals surface area (Å²) in [7, 11) is 1.62. The molecule has 2 N–H and O–H groups in total. The van der Waals surface area contributed by atoms with Crippen LogP contribution in [0.4, 0.5) is 11.4 Å². The summed E-state index contributed by atoms with van der Waals surface area (Å²) in [4.78, 5) is 16.5. The maximum atomic E-state index is 12.3. The molecule has 0 saturated heterocycles. The second-order valence-electron chi connectivity index (χ2n) is 6.23. The van der Waals surface area contributed by atoms with Crippen molar-refractivity contribution in [1.82, 2.24) is 10.3 Å². The Morgan fingerprint density at radius 1 is 0.964 bits per heavy atom. The summed E-state index contributed by atoms with van der Waals surface area (Å²) in [6.07, 6.45) is 3.23. The Morgan fingerprint density at radius 2 is 1.68 bits per heavy atom. The Balaban J connectivity index is 1.49. The zero-order valence-electron chi connectivity index (χ0n) is 15.9. The molecule has 0 aliphatic rings. The van der Waals surface area contributed by atoms with Crippen LogP contribution < -0.4 is 20.1 Å². The number of aryl methyl sites for hydroxylation is 1. The number of carbonyl (C=O) groups excluding carboxylic acids is 1. The molecule has 3 aromatic rings. The van der Waals surface area contributed by atoms with Crippen molar-refractivity contribution < 1.29 is 14.3 Å². The molecule has 0 saturated carbocycles. The predicted octanol–water partition coefficient (Wildman–Crippen LogP) is 3.95. The van der Waals surface area contributed by atoms with E-state index < -0.39 is 0 Å². The topological polar surface area (TPSA) is 72.5 Å². The molecule has 1 aromatic heterocycles. The first-order valence-electron chi connectivity index (χ1n) is 8.98. The van der Waals surface area contributed by atoms with Crippen molar-refractivity contribution in [2.45, 2.75) is 6.92 Å². The number of methoxy groups -OCH3 is 1. The molecule has 0 unspecified atom stereocenters. The number of hydrogen-bond donors (Lipinski definition) is 2. The van der Waals surface area contributed by atoms with Crippen molar-refractivity contribution in [3.8, 4) is 11.5 Å². The Kier molecular flexibility index (Phi) is 6.46. The van der Waals surface area contributed by atoms with Crippen LogP contribution >= 0.6 is 0 Å². The normalized spacial score (nSPS) is 10.2. The average molecular weight is 377 g/mol. The second-order valence-corrected chi connectivity index (χ2v) is 6.23. The van der Waals surface area contributed by atoms with Crippen molar-refractivity contribution in [3.63, 3.8) is 0 Å². The van der Waals surface area contributed by atoms with Crippen LogP contribution in [0.3, 0.4) is 0 Å². The van der Waals surface area contributed by atoms with E-state index in [4.69, 9.17) is 9.47 Å². The fraction of sp³-hybridized carbons (Fsp3) is 0.182. The third kappa shape index (κ3) is 5.48. The summed E-state index contributed by atoms with van der Waals surface area (Å²) < 4.78 is 10.7. The lowest BCUT2D eigenvalue weighted by Crippen LogP contribution is -2.28. The lowest BCUT2D eigenvalue weighted by molar-refractivity contribution is 0.0946. The number of benzene rings is 2. The van der Waals surface area contributed by atoms with Gasteiger partial charge in [-0.2, -0.15) is 0 Å². The largest absolute Gasteiger partial charge is 0.497 e. The highest BCUT2D eigenvalue weighted by atomic mass is 16.5. The Hall–Kier alpha value is -3.54. The van der Waals surface area contributed by atoms with Gasteiger partial charge in [-0.3, -0.25) is 9.78 Å². The number of aromatic nitrogens is 1. The van der Waals surface area contributed by atoms with Gasteiger partial charge in [-0.05, 0) is 49.4 Å². The van der Waals surface area contributed by atoms with Crippen LogP contribution in [0.15, 0.2) is 67.0 Å². The lowest BCUT2D eigenvalue weighted by Gasteiger charge is -2.10. The van der Waals surface area contributed by atoms with Gasteiger partial charge in [-0.25, -0.2) is 0 Å². The molecule has 6 nitrogen and oxygen atoms in total. The Labute approximate surface area is 164 Å². The van der Waals surface area contributed by atoms with Crippen molar-refractivity contribution in [2.24, 2.45) is 0 Å². The van der Waals surface area contributed by atoms with Crippen LogP contribution in [0.5, 0.6) is 11.5 Å². The van der Waals surface area contributed by atoms with Crippen molar-refractivity contribution in [3.05, 3.63) is 78.1 Å². The molecule has 1 heterocycles. The number of amides is 1. The van der Waals surface area contributed by atoms with E-state index in [0.717, 1.165) is 22.9 Å². The van der Waals surface area contributed by atoms with E-state index in [-0.39, 0.29) is 5.91 Å². The number of hydrogen-bond acceptors (Lipinski definition) is 5. The van der Waals surface area contributed by atoms with Crippen molar-refractivity contribution in [1.29, 1.82) is 0 Å². The van der Waals surface area contributed by atoms with Gasteiger partial charge in [0.05, 0.1) is 31.1 Å². The van der Waals surface area contributed by atoms with Crippen LogP contribution in [0.2, 0.25) is 0 Å². The third-order valence-electron chi connectivity index (χ3n) is 4.06. The monoisotopic (exact) mass is 377 g/mol. The minimum Gasteiger partial charge on any atom is -0.497 e. The third-order valence-corrected chi connectivity index (χ3v) is 4.06. The van der Waals surface area contributed by atoms with Gasteiger partial charge in [0.1, 0.15) is 18.1 Å². The van der Waals surface area contributed by atoms with Gasteiger partial charge >= 0.3 is 0 Å². The summed E-state index contributed by atoms with van der Waals surface area (Å²) in [6, 6.07) is 17.1. The van der Waals surface area contributed by atoms with Crippen LogP contribution in [0.25, 0.3) is 0 Å². The molecule has 3 rings (SSSR count). The van der Waals surface area contributed by atoms with E-state index in [1.807, 2.05) is 55.5 Å². The van der Waals surface area contributed by atoms with Gasteiger partial charge in [-0.1, -0.05) is 17.7 Å². The van der Waals surface area contributed by atoms with Gasteiger partial charge in [0, 0.05) is 11.9 Å². The maximum absolute atomic E-state index is 12.3. The molecule has 1 amide bonds. The molecule has 6 heteroatoms. The average Bonchev–Trinajstić information content (AvgIpc) is 2.73. The second kappa shape index (κ2) is 9.41. The molecule has 144 valence electrons. The molecular weight excluding hydrogens is 354 g/mol. The van der Waals surface area contributed by atoms with E-state index in [0.29, 0.717) is 18.7 Å². The summed E-state index contributed by atoms with van der Waals surface area (Å²) in [5, 5.41) is 6.08. The fourth-order valence-electron chi connectivity index (χ4n) is 2.54. The van der Waals surface area contributed by atoms with E-state index in [1.54, 1.807) is 25.6 Å². The maximum Gasteiger partial charge on any atom is 0.253 e. The standard InChI is InChI=1S/C22H23N3O3/c1-16-3-5-18(6-4-16)25-19-13-17(14-23-15-19)22(26)24-11-12-28-21-9-7-20(27-2)8-10-21/h3-10,13-15,25H,11-12H2,1-2H3,(H,24,26). The van der Waals surface area contributed by atoms with Gasteiger partial charge in [0.25, 0.3) is 5.91 Å². The van der Waals surface area contributed by atoms with Crippen molar-refractivity contribution >= 4 is 17.3 Å². The van der Waals surface area contributed by atoms with E-state index in [9.17, 15) is 4.79 Å². The van der Waals surface area contributed by atoms with Crippen LogP contribution in [0.1, 0.15) is 15.9 Å². The van der Waals surface area contributed by atoms with Crippen LogP contribution in [0, 0.1) is 6.92 Å². The molecule has 0 spiro atoms. The Bertz CT molecular complexity index is 909. The minimum atomic E-state index is -0.196. The molecule has 0 aliphatic carbocycles. The number of ether oxygens (including phenoxy) is 2. The molecule has 0 atom stereocenters. The quantitative estimate of drug-likeness (QED) is 0.582. The highest BCUT2D eigenvalue weighted by Gasteiger charge is 2.07. The van der Waals surface area contributed by atoms with Gasteiger partial charge in [0.2, 0.25) is 0 Å². The summed E-state index contributed by atoms with van der Waals surface area (Å²) in [5.74, 6) is 1.30. The number of anilines is 2. The molecule has 2 aromatic carbocycles. The lowest BCUT2D eigenvalue weighted by atomic mass is 10.2. The molecule has 0 bridgehead atoms. The molecule has 0 aliphatic heterocycles. The molecule has 0 fully saturated rings. The number of nitrogens with one attached hydrogen (secondary N) is 2. The number of pyridine rings is 1. The van der Waals surface area contributed by atoms with Crippen molar-refractivity contribution in [2.75, 3.05) is 25.6 Å². The zero-order chi connectivity index (χ0) is 19.8. The highest BCUT2D eigenvalue weighted by Crippen LogP contribution is 2.18. The highest BCUT2D eigenvalue weighted by molar-refractivity contribution is 5.94. The predicted molar refractivity (Wildman–Crippen MR) is 110 cm³/mol. The summed E-state index contributed by atoms with van der Waals surface area (Å²) >= 11 is 0. The van der Waals surface area contributed by atoms with Gasteiger partial charge in [-0.15, -0.1) is 0 Å². The van der Waals surface area contributed by atoms with Gasteiger partial charge in [0.15, 0.2) is 0 Å². The van der Waals surface area contributed by atoms with Gasteiger partial charge < -0.3 is 20.1 Å². The zero-order valence-corrected chi connectivity index (χ0v) is 15.9. The van der Waals surface area contributed by atoms with E-state index >= 15 is 0 Å². The van der Waals surface area contributed by atoms with E-state index in [1.165, 1.54) is 5.56 Å². The van der Waals surface area contributed by atoms with Crippen LogP contribution in [-0.4, -0.2) is 31.2 Å². The Morgan fingerprint density at radius 3 is 2.39 bits per heavy atom. The van der Waals surface area contributed by atoms with E-state index in [2.05, 4.69) is 15.6 Å². The first-order valence-corrected chi connectivity index (χ1v) is 8.98. The minimum absolute atomic E-state index is 0.196. The number of rotatable bonds is 8. The van der Waals surface area contributed by atoms with Crippen LogP contribution in [-0.2, 0) is 0 Å². The number of nitrogens with zero attached hydrogens (tertiary/aromatic N) is 1. The smallest absolute Gasteiger partial charge is 0.253 e. The first-order chi connectivity index (χ1) is 13.6. The fourth-order valence-corrected chi connectivity index (χ4v) is 2.54. The SMILES string of the molecule is COc1ccc(OCCNC(=O)c2cncc(Nc3ccc(C)cc3)c2)cc1. The number of carbonyl (C=O) groups is 1. The molecule has 28 heavy (non-hydrogen) atoms. The first kappa shape index (κ1) is 19.2. The molecule has 0 radical (unpaired) electrons. The molecular formula is C22H23N3O3. The summed E-state index contributed by atoms with van der Waals surface area (Å²) in [5.41, 5.74) is 3.37.